The van der Waals surface area contributed by atoms with Crippen LogP contribution >= 0.6 is 0 Å². The molecule has 0 spiro atoms. The van der Waals surface area contributed by atoms with Crippen LogP contribution in [0.1, 0.15) is 46.6 Å². The zero-order chi connectivity index (χ0) is 15.8. The van der Waals surface area contributed by atoms with Crippen molar-refractivity contribution in [3.63, 3.8) is 0 Å². The standard InChI is InChI=1S/C18H28N2O/c1-17(2,3)14-10-11-20(12-14)16(21)18(4,5)13-6-8-15(19)9-7-13/h6-9,14H,10-12,19H2,1-5H3. The highest BCUT2D eigenvalue weighted by Gasteiger charge is 2.39. The third-order valence-corrected chi connectivity index (χ3v) is 4.87. The molecule has 0 bridgehead atoms. The number of nitrogen functional groups attached to an aromatic ring is 1. The van der Waals surface area contributed by atoms with E-state index in [-0.39, 0.29) is 11.3 Å². The van der Waals surface area contributed by atoms with Crippen LogP contribution < -0.4 is 5.73 Å². The summed E-state index contributed by atoms with van der Waals surface area (Å²) >= 11 is 0. The van der Waals surface area contributed by atoms with Gasteiger partial charge in [0.05, 0.1) is 5.41 Å². The third-order valence-electron chi connectivity index (χ3n) is 4.87. The van der Waals surface area contributed by atoms with Crippen LogP contribution in [0, 0.1) is 11.3 Å². The summed E-state index contributed by atoms with van der Waals surface area (Å²) in [5.74, 6) is 0.808. The van der Waals surface area contributed by atoms with Crippen molar-refractivity contribution in [2.24, 2.45) is 11.3 Å². The number of nitrogens with two attached hydrogens (primary N) is 1. The van der Waals surface area contributed by atoms with Crippen molar-refractivity contribution in [1.82, 2.24) is 4.90 Å². The topological polar surface area (TPSA) is 46.3 Å². The molecule has 1 aromatic rings. The minimum Gasteiger partial charge on any atom is -0.399 e. The van der Waals surface area contributed by atoms with Crippen molar-refractivity contribution in [2.45, 2.75) is 46.5 Å². The Kier molecular flexibility index (Phi) is 4.05. The van der Waals surface area contributed by atoms with Crippen molar-refractivity contribution in [3.05, 3.63) is 29.8 Å². The van der Waals surface area contributed by atoms with Gasteiger partial charge in [0.15, 0.2) is 0 Å². The third kappa shape index (κ3) is 3.22. The van der Waals surface area contributed by atoms with E-state index in [2.05, 4.69) is 20.8 Å². The molecule has 2 rings (SSSR count). The summed E-state index contributed by atoms with van der Waals surface area (Å²) < 4.78 is 0. The number of hydrogen-bond donors (Lipinski definition) is 1. The van der Waals surface area contributed by atoms with E-state index in [9.17, 15) is 4.79 Å². The lowest BCUT2D eigenvalue weighted by Crippen LogP contribution is -2.42. The predicted molar refractivity (Wildman–Crippen MR) is 88.0 cm³/mol. The number of nitrogens with zero attached hydrogens (tertiary/aromatic N) is 1. The van der Waals surface area contributed by atoms with Crippen LogP contribution in [0.3, 0.4) is 0 Å². The first-order valence-electron chi connectivity index (χ1n) is 7.78. The van der Waals surface area contributed by atoms with Gasteiger partial charge in [0.1, 0.15) is 0 Å². The van der Waals surface area contributed by atoms with Gasteiger partial charge in [-0.3, -0.25) is 4.79 Å². The Morgan fingerprint density at radius 3 is 2.19 bits per heavy atom. The Morgan fingerprint density at radius 1 is 1.14 bits per heavy atom. The fourth-order valence-corrected chi connectivity index (χ4v) is 3.07. The summed E-state index contributed by atoms with van der Waals surface area (Å²) in [5, 5.41) is 0. The van der Waals surface area contributed by atoms with E-state index >= 15 is 0 Å². The summed E-state index contributed by atoms with van der Waals surface area (Å²) in [6.45, 7) is 12.5. The number of likely N-dealkylation sites (tertiary alicyclic amines) is 1. The molecule has 1 atom stereocenters. The first-order valence-corrected chi connectivity index (χ1v) is 7.78. The normalized spacial score (nSPS) is 19.9. The number of hydrogen-bond acceptors (Lipinski definition) is 2. The number of anilines is 1. The van der Waals surface area contributed by atoms with E-state index < -0.39 is 5.41 Å². The molecule has 21 heavy (non-hydrogen) atoms. The molecule has 1 heterocycles. The molecule has 1 amide bonds. The largest absolute Gasteiger partial charge is 0.399 e. The minimum atomic E-state index is -0.500. The van der Waals surface area contributed by atoms with Gasteiger partial charge in [-0.1, -0.05) is 32.9 Å². The second kappa shape index (κ2) is 5.36. The molecule has 0 radical (unpaired) electrons. The fourth-order valence-electron chi connectivity index (χ4n) is 3.07. The molecule has 0 aromatic heterocycles. The van der Waals surface area contributed by atoms with Gasteiger partial charge >= 0.3 is 0 Å². The van der Waals surface area contributed by atoms with Crippen molar-refractivity contribution in [3.8, 4) is 0 Å². The number of rotatable bonds is 2. The van der Waals surface area contributed by atoms with Crippen LogP contribution in [0.25, 0.3) is 0 Å². The van der Waals surface area contributed by atoms with Crippen molar-refractivity contribution in [1.29, 1.82) is 0 Å². The molecule has 3 heteroatoms. The summed E-state index contributed by atoms with van der Waals surface area (Å²) in [6.07, 6.45) is 1.10. The molecule has 1 fully saturated rings. The molecule has 1 aliphatic heterocycles. The van der Waals surface area contributed by atoms with Gasteiger partial charge in [-0.15, -0.1) is 0 Å². The summed E-state index contributed by atoms with van der Waals surface area (Å²) in [7, 11) is 0. The number of carbonyl (C=O) groups is 1. The maximum Gasteiger partial charge on any atom is 0.232 e. The minimum absolute atomic E-state index is 0.221. The van der Waals surface area contributed by atoms with Gasteiger partial charge < -0.3 is 10.6 Å². The lowest BCUT2D eigenvalue weighted by Gasteiger charge is -2.31. The van der Waals surface area contributed by atoms with E-state index in [1.807, 2.05) is 43.0 Å². The van der Waals surface area contributed by atoms with Crippen molar-refractivity contribution >= 4 is 11.6 Å². The average Bonchev–Trinajstić information content (AvgIpc) is 2.87. The highest BCUT2D eigenvalue weighted by molar-refractivity contribution is 5.87. The van der Waals surface area contributed by atoms with Gasteiger partial charge in [-0.2, -0.15) is 0 Å². The van der Waals surface area contributed by atoms with E-state index in [1.165, 1.54) is 0 Å². The van der Waals surface area contributed by atoms with Crippen LogP contribution in [0.5, 0.6) is 0 Å². The first kappa shape index (κ1) is 15.9. The number of amides is 1. The second-order valence-electron chi connectivity index (χ2n) is 7.85. The van der Waals surface area contributed by atoms with Gasteiger partial charge in [0.2, 0.25) is 5.91 Å². The molecular weight excluding hydrogens is 260 g/mol. The van der Waals surface area contributed by atoms with Gasteiger partial charge in [0, 0.05) is 18.8 Å². The Balaban J connectivity index is 2.14. The molecule has 1 unspecified atom stereocenters. The summed E-state index contributed by atoms with van der Waals surface area (Å²) in [6, 6.07) is 7.66. The Morgan fingerprint density at radius 2 is 1.71 bits per heavy atom. The van der Waals surface area contributed by atoms with Crippen LogP contribution in [-0.4, -0.2) is 23.9 Å². The Hall–Kier alpha value is -1.51. The molecule has 1 aromatic carbocycles. The maximum absolute atomic E-state index is 12.9. The molecule has 2 N–H and O–H groups in total. The number of carbonyl (C=O) groups excluding carboxylic acids is 1. The first-order chi connectivity index (χ1) is 9.62. The van der Waals surface area contributed by atoms with Crippen LogP contribution in [-0.2, 0) is 10.2 Å². The Bertz CT molecular complexity index is 511. The summed E-state index contributed by atoms with van der Waals surface area (Å²) in [4.78, 5) is 15.0. The quantitative estimate of drug-likeness (QED) is 0.847. The van der Waals surface area contributed by atoms with Crippen LogP contribution in [0.15, 0.2) is 24.3 Å². The van der Waals surface area contributed by atoms with E-state index in [1.54, 1.807) is 0 Å². The highest BCUT2D eigenvalue weighted by atomic mass is 16.2. The monoisotopic (exact) mass is 288 g/mol. The average molecular weight is 288 g/mol. The lowest BCUT2D eigenvalue weighted by molar-refractivity contribution is -0.135. The highest BCUT2D eigenvalue weighted by Crippen LogP contribution is 2.36. The fraction of sp³-hybridized carbons (Fsp3) is 0.611. The van der Waals surface area contributed by atoms with Gasteiger partial charge in [-0.05, 0) is 49.3 Å². The van der Waals surface area contributed by atoms with Crippen LogP contribution in [0.2, 0.25) is 0 Å². The molecule has 0 aliphatic carbocycles. The van der Waals surface area contributed by atoms with Gasteiger partial charge in [-0.25, -0.2) is 0 Å². The smallest absolute Gasteiger partial charge is 0.232 e. The molecule has 3 nitrogen and oxygen atoms in total. The predicted octanol–water partition coefficient (Wildman–Crippen LogP) is 3.44. The summed E-state index contributed by atoms with van der Waals surface area (Å²) in [5.41, 5.74) is 7.26. The number of benzene rings is 1. The SMILES string of the molecule is CC(C)(C(=O)N1CCC(C(C)(C)C)C1)c1ccc(N)cc1. The zero-order valence-corrected chi connectivity index (χ0v) is 13.9. The van der Waals surface area contributed by atoms with Crippen LogP contribution in [0.4, 0.5) is 5.69 Å². The zero-order valence-electron chi connectivity index (χ0n) is 13.9. The molecule has 0 saturated carbocycles. The van der Waals surface area contributed by atoms with E-state index in [4.69, 9.17) is 5.73 Å². The lowest BCUT2D eigenvalue weighted by atomic mass is 9.80. The van der Waals surface area contributed by atoms with Gasteiger partial charge in [0.25, 0.3) is 0 Å². The molecule has 116 valence electrons. The maximum atomic E-state index is 12.9. The van der Waals surface area contributed by atoms with Crippen molar-refractivity contribution < 1.29 is 4.79 Å². The molecular formula is C18H28N2O. The van der Waals surface area contributed by atoms with E-state index in [0.29, 0.717) is 5.92 Å². The molecule has 1 aliphatic rings. The molecule has 1 saturated heterocycles. The second-order valence-corrected chi connectivity index (χ2v) is 7.85. The van der Waals surface area contributed by atoms with Crippen molar-refractivity contribution in [2.75, 3.05) is 18.8 Å². The Labute approximate surface area is 128 Å². The van der Waals surface area contributed by atoms with E-state index in [0.717, 1.165) is 30.8 Å².